The number of allylic oxidation sites excluding steroid dienone is 1. The molecule has 4 heteroatoms. The van der Waals surface area contributed by atoms with E-state index in [-0.39, 0.29) is 0 Å². The monoisotopic (exact) mass is 278 g/mol. The molecule has 2 unspecified atom stereocenters. The Morgan fingerprint density at radius 1 is 1.42 bits per heavy atom. The Morgan fingerprint density at radius 2 is 2.32 bits per heavy atom. The number of rotatable bonds is 2. The van der Waals surface area contributed by atoms with E-state index >= 15 is 0 Å². The van der Waals surface area contributed by atoms with Crippen LogP contribution in [0.1, 0.15) is 24.8 Å². The number of pyridine rings is 1. The molecule has 1 aliphatic heterocycles. The van der Waals surface area contributed by atoms with Crippen molar-refractivity contribution in [2.75, 3.05) is 20.2 Å². The zero-order chi connectivity index (χ0) is 13.2. The van der Waals surface area contributed by atoms with Gasteiger partial charge in [-0.2, -0.15) is 0 Å². The quantitative estimate of drug-likeness (QED) is 0.844. The molecule has 3 nitrogen and oxygen atoms in total. The Kier molecular flexibility index (Phi) is 3.76. The third kappa shape index (κ3) is 2.63. The van der Waals surface area contributed by atoms with Gasteiger partial charge in [0, 0.05) is 12.7 Å². The topological polar surface area (TPSA) is 34.1 Å². The van der Waals surface area contributed by atoms with Crippen molar-refractivity contribution >= 4 is 17.2 Å². The number of piperidine rings is 1. The van der Waals surface area contributed by atoms with Crippen LogP contribution in [-0.2, 0) is 0 Å². The Bertz CT molecular complexity index is 501. The molecule has 1 fully saturated rings. The van der Waals surface area contributed by atoms with Gasteiger partial charge in [0.05, 0.1) is 7.11 Å². The van der Waals surface area contributed by atoms with Gasteiger partial charge in [0.25, 0.3) is 0 Å². The third-order valence-corrected chi connectivity index (χ3v) is 4.56. The molecule has 0 bridgehead atoms. The molecule has 1 aromatic heterocycles. The minimum atomic E-state index is 0.430. The van der Waals surface area contributed by atoms with Gasteiger partial charge in [-0.1, -0.05) is 17.7 Å². The summed E-state index contributed by atoms with van der Waals surface area (Å²) in [7, 11) is 1.63. The molecule has 0 saturated carbocycles. The number of halogens is 1. The second-order valence-corrected chi connectivity index (χ2v) is 5.72. The predicted molar refractivity (Wildman–Crippen MR) is 77.5 cm³/mol. The van der Waals surface area contributed by atoms with Crippen LogP contribution in [0.5, 0.6) is 5.75 Å². The maximum Gasteiger partial charge on any atom is 0.171 e. The average molecular weight is 279 g/mol. The number of nitrogens with one attached hydrogen (secondary N) is 1. The van der Waals surface area contributed by atoms with Crippen molar-refractivity contribution in [1.82, 2.24) is 10.3 Å². The number of hydrogen-bond donors (Lipinski definition) is 1. The lowest BCUT2D eigenvalue weighted by Crippen LogP contribution is -2.37. The smallest absolute Gasteiger partial charge is 0.171 e. The van der Waals surface area contributed by atoms with Gasteiger partial charge < -0.3 is 10.1 Å². The standard InChI is InChI=1S/C15H19ClN2O/c1-19-14-7-13(9-18-15(14)16)11-3-2-10-4-5-17-8-12(10)6-11/h6-7,9-10,12,17H,2-5,8H2,1H3. The van der Waals surface area contributed by atoms with Crippen molar-refractivity contribution in [3.05, 3.63) is 29.1 Å². The molecule has 102 valence electrons. The van der Waals surface area contributed by atoms with E-state index in [1.165, 1.54) is 25.0 Å². The first-order valence-corrected chi connectivity index (χ1v) is 7.27. The Labute approximate surface area is 119 Å². The molecule has 2 aliphatic rings. The zero-order valence-electron chi connectivity index (χ0n) is 11.2. The fourth-order valence-corrected chi connectivity index (χ4v) is 3.34. The largest absolute Gasteiger partial charge is 0.494 e. The van der Waals surface area contributed by atoms with Crippen LogP contribution in [0.3, 0.4) is 0 Å². The summed E-state index contributed by atoms with van der Waals surface area (Å²) < 4.78 is 5.25. The van der Waals surface area contributed by atoms with E-state index in [0.29, 0.717) is 16.8 Å². The summed E-state index contributed by atoms with van der Waals surface area (Å²) in [4.78, 5) is 4.21. The van der Waals surface area contributed by atoms with Crippen molar-refractivity contribution < 1.29 is 4.74 Å². The third-order valence-electron chi connectivity index (χ3n) is 4.27. The van der Waals surface area contributed by atoms with Crippen molar-refractivity contribution in [1.29, 1.82) is 0 Å². The van der Waals surface area contributed by atoms with Crippen molar-refractivity contribution in [2.24, 2.45) is 11.8 Å². The van der Waals surface area contributed by atoms with Gasteiger partial charge in [-0.3, -0.25) is 0 Å². The van der Waals surface area contributed by atoms with Gasteiger partial charge in [-0.15, -0.1) is 0 Å². The molecule has 19 heavy (non-hydrogen) atoms. The maximum absolute atomic E-state index is 5.98. The van der Waals surface area contributed by atoms with Gasteiger partial charge in [0.1, 0.15) is 0 Å². The first kappa shape index (κ1) is 12.9. The second-order valence-electron chi connectivity index (χ2n) is 5.36. The van der Waals surface area contributed by atoms with Crippen LogP contribution in [-0.4, -0.2) is 25.2 Å². The van der Waals surface area contributed by atoms with E-state index in [9.17, 15) is 0 Å². The summed E-state index contributed by atoms with van der Waals surface area (Å²) in [6.07, 6.45) is 7.99. The highest BCUT2D eigenvalue weighted by molar-refractivity contribution is 6.30. The molecule has 2 atom stereocenters. The number of methoxy groups -OCH3 is 1. The summed E-state index contributed by atoms with van der Waals surface area (Å²) in [5.41, 5.74) is 2.53. The van der Waals surface area contributed by atoms with Crippen LogP contribution in [0.4, 0.5) is 0 Å². The van der Waals surface area contributed by atoms with E-state index in [0.717, 1.165) is 24.4 Å². The number of hydrogen-bond acceptors (Lipinski definition) is 3. The van der Waals surface area contributed by atoms with E-state index in [1.807, 2.05) is 12.3 Å². The number of ether oxygens (including phenoxy) is 1. The molecular formula is C15H19ClN2O. The minimum absolute atomic E-state index is 0.430. The Morgan fingerprint density at radius 3 is 3.16 bits per heavy atom. The van der Waals surface area contributed by atoms with Gasteiger partial charge in [-0.05, 0) is 54.8 Å². The van der Waals surface area contributed by atoms with Crippen LogP contribution in [0.2, 0.25) is 5.15 Å². The summed E-state index contributed by atoms with van der Waals surface area (Å²) in [6, 6.07) is 2.00. The average Bonchev–Trinajstić information content (AvgIpc) is 2.47. The fraction of sp³-hybridized carbons (Fsp3) is 0.533. The Balaban J connectivity index is 1.87. The van der Waals surface area contributed by atoms with Crippen molar-refractivity contribution in [2.45, 2.75) is 19.3 Å². The molecule has 0 spiro atoms. The lowest BCUT2D eigenvalue weighted by Gasteiger charge is -2.34. The van der Waals surface area contributed by atoms with E-state index in [4.69, 9.17) is 16.3 Å². The maximum atomic E-state index is 5.98. The molecule has 3 rings (SSSR count). The molecule has 0 aromatic carbocycles. The van der Waals surface area contributed by atoms with Crippen LogP contribution < -0.4 is 10.1 Å². The van der Waals surface area contributed by atoms with Crippen molar-refractivity contribution in [3.8, 4) is 5.75 Å². The predicted octanol–water partition coefficient (Wildman–Crippen LogP) is 3.15. The number of fused-ring (bicyclic) bond motifs is 1. The fourth-order valence-electron chi connectivity index (χ4n) is 3.16. The van der Waals surface area contributed by atoms with Gasteiger partial charge in [0.2, 0.25) is 0 Å². The SMILES string of the molecule is COc1cc(C2=CC3CNCCC3CC2)cnc1Cl. The first-order valence-electron chi connectivity index (χ1n) is 6.89. The molecule has 1 saturated heterocycles. The molecule has 1 aromatic rings. The molecule has 0 radical (unpaired) electrons. The lowest BCUT2D eigenvalue weighted by molar-refractivity contribution is 0.279. The molecule has 2 heterocycles. The normalized spacial score (nSPS) is 26.5. The highest BCUT2D eigenvalue weighted by Gasteiger charge is 2.27. The Hall–Kier alpha value is -1.06. The van der Waals surface area contributed by atoms with E-state index in [2.05, 4.69) is 16.4 Å². The van der Waals surface area contributed by atoms with E-state index in [1.54, 1.807) is 7.11 Å². The zero-order valence-corrected chi connectivity index (χ0v) is 11.9. The van der Waals surface area contributed by atoms with Crippen LogP contribution in [0.15, 0.2) is 18.3 Å². The van der Waals surface area contributed by atoms with Crippen molar-refractivity contribution in [3.63, 3.8) is 0 Å². The minimum Gasteiger partial charge on any atom is -0.494 e. The summed E-state index contributed by atoms with van der Waals surface area (Å²) in [5.74, 6) is 2.18. The van der Waals surface area contributed by atoms with Crippen LogP contribution in [0, 0.1) is 11.8 Å². The summed E-state index contributed by atoms with van der Waals surface area (Å²) in [5, 5.41) is 3.91. The van der Waals surface area contributed by atoms with Gasteiger partial charge in [0.15, 0.2) is 10.9 Å². The van der Waals surface area contributed by atoms with Gasteiger partial charge in [-0.25, -0.2) is 4.98 Å². The summed E-state index contributed by atoms with van der Waals surface area (Å²) >= 11 is 5.98. The molecule has 1 aliphatic carbocycles. The lowest BCUT2D eigenvalue weighted by atomic mass is 9.76. The summed E-state index contributed by atoms with van der Waals surface area (Å²) in [6.45, 7) is 2.27. The number of aromatic nitrogens is 1. The molecule has 1 N–H and O–H groups in total. The van der Waals surface area contributed by atoms with Crippen LogP contribution in [0.25, 0.3) is 5.57 Å². The highest BCUT2D eigenvalue weighted by atomic mass is 35.5. The van der Waals surface area contributed by atoms with Gasteiger partial charge >= 0.3 is 0 Å². The molecular weight excluding hydrogens is 260 g/mol. The van der Waals surface area contributed by atoms with Crippen LogP contribution >= 0.6 is 11.6 Å². The second kappa shape index (κ2) is 5.51. The van der Waals surface area contributed by atoms with E-state index < -0.39 is 0 Å². The number of nitrogens with zero attached hydrogens (tertiary/aromatic N) is 1. The highest BCUT2D eigenvalue weighted by Crippen LogP contribution is 2.37. The first-order chi connectivity index (χ1) is 9.28. The molecule has 0 amide bonds.